The van der Waals surface area contributed by atoms with E-state index in [1.54, 1.807) is 16.3 Å². The van der Waals surface area contributed by atoms with Crippen molar-refractivity contribution in [3.8, 4) is 10.4 Å². The SMILES string of the molecule is C=CC(=O)N1C(C)CN(c2nc(=O)n3c4c(c(-c5cc(Cl)cs5)c(C(F)(F)F)cc24)SCCC3)CC1C.O=c1nccc[nH]1. The summed E-state index contributed by atoms with van der Waals surface area (Å²) in [4.78, 5) is 50.2. The number of halogens is 4. The number of aromatic amines is 1. The number of thioether (sulfide) groups is 1. The summed E-state index contributed by atoms with van der Waals surface area (Å²) in [6, 6.07) is 3.80. The molecule has 6 rings (SSSR count). The van der Waals surface area contributed by atoms with Crippen molar-refractivity contribution < 1.29 is 18.0 Å². The molecular formula is C29H28ClF3N6O3S2. The van der Waals surface area contributed by atoms with Crippen LogP contribution in [0.4, 0.5) is 19.0 Å². The number of carbonyl (C=O) groups excluding carboxylic acids is 1. The van der Waals surface area contributed by atoms with Gasteiger partial charge in [-0.1, -0.05) is 18.2 Å². The van der Waals surface area contributed by atoms with Gasteiger partial charge in [0, 0.05) is 70.2 Å². The van der Waals surface area contributed by atoms with Crippen molar-refractivity contribution in [3.63, 3.8) is 0 Å². The highest BCUT2D eigenvalue weighted by atomic mass is 35.5. The lowest BCUT2D eigenvalue weighted by Gasteiger charge is -2.44. The standard InChI is InChI=1S/C25H24ClF3N4O2S2.C4H4N2O/c1-4-19(34)33-13(2)10-31(11-14(33)3)23-16-9-17(25(27,28)29)20(18-8-15(26)12-37-18)22-21(16)32(24(35)30-23)6-5-7-36-22;7-4-5-2-1-3-6-4/h4,8-9,12-14H,1,5-7,10-11H2,2-3H3;1-3H,(H,5,6,7). The fourth-order valence-electron chi connectivity index (χ4n) is 5.64. The molecule has 44 heavy (non-hydrogen) atoms. The highest BCUT2D eigenvalue weighted by Gasteiger charge is 2.39. The van der Waals surface area contributed by atoms with E-state index in [-0.39, 0.29) is 40.4 Å². The van der Waals surface area contributed by atoms with E-state index in [1.807, 2.05) is 18.7 Å². The van der Waals surface area contributed by atoms with Crippen molar-refractivity contribution in [1.29, 1.82) is 0 Å². The number of hydrogen-bond acceptors (Lipinski definition) is 8. The number of aromatic nitrogens is 4. The Morgan fingerprint density at radius 3 is 2.48 bits per heavy atom. The van der Waals surface area contributed by atoms with Crippen molar-refractivity contribution in [2.45, 2.75) is 50.0 Å². The number of rotatable bonds is 3. The van der Waals surface area contributed by atoms with Crippen LogP contribution in [0.25, 0.3) is 21.3 Å². The van der Waals surface area contributed by atoms with E-state index in [2.05, 4.69) is 21.5 Å². The highest BCUT2D eigenvalue weighted by molar-refractivity contribution is 7.99. The molecule has 5 heterocycles. The van der Waals surface area contributed by atoms with Gasteiger partial charge in [-0.3, -0.25) is 9.36 Å². The number of hydrogen-bond donors (Lipinski definition) is 1. The minimum Gasteiger partial charge on any atom is -0.352 e. The number of H-pyrrole nitrogens is 1. The summed E-state index contributed by atoms with van der Waals surface area (Å²) in [6.07, 6.45) is 0.216. The molecule has 0 aliphatic carbocycles. The van der Waals surface area contributed by atoms with Crippen molar-refractivity contribution in [1.82, 2.24) is 24.4 Å². The second-order valence-electron chi connectivity index (χ2n) is 10.4. The van der Waals surface area contributed by atoms with Crippen LogP contribution in [-0.4, -0.2) is 61.3 Å². The van der Waals surface area contributed by atoms with E-state index in [1.165, 1.54) is 40.9 Å². The summed E-state index contributed by atoms with van der Waals surface area (Å²) in [7, 11) is 0. The number of nitrogens with one attached hydrogen (secondary N) is 1. The number of alkyl halides is 3. The average Bonchev–Trinajstić information content (AvgIpc) is 3.27. The highest BCUT2D eigenvalue weighted by Crippen LogP contribution is 2.49. The molecule has 15 heteroatoms. The molecule has 2 atom stereocenters. The van der Waals surface area contributed by atoms with E-state index in [4.69, 9.17) is 11.6 Å². The van der Waals surface area contributed by atoms with Crippen molar-refractivity contribution in [3.05, 3.63) is 80.2 Å². The number of aryl methyl sites for hydroxylation is 1. The van der Waals surface area contributed by atoms with Gasteiger partial charge >= 0.3 is 17.6 Å². The molecule has 1 N–H and O–H groups in total. The van der Waals surface area contributed by atoms with Gasteiger partial charge in [-0.05, 0) is 50.3 Å². The van der Waals surface area contributed by atoms with Gasteiger partial charge in [-0.25, -0.2) is 14.6 Å². The van der Waals surface area contributed by atoms with E-state index < -0.39 is 17.4 Å². The maximum absolute atomic E-state index is 14.6. The number of piperazine rings is 1. The quantitative estimate of drug-likeness (QED) is 0.281. The zero-order valence-corrected chi connectivity index (χ0v) is 26.1. The first kappa shape index (κ1) is 31.8. The summed E-state index contributed by atoms with van der Waals surface area (Å²) in [6.45, 7) is 8.31. The Balaban J connectivity index is 0.000000484. The molecule has 1 fully saturated rings. The molecule has 232 valence electrons. The van der Waals surface area contributed by atoms with Gasteiger partial charge in [-0.2, -0.15) is 18.2 Å². The fourth-order valence-corrected chi connectivity index (χ4v) is 8.04. The second-order valence-corrected chi connectivity index (χ2v) is 12.8. The van der Waals surface area contributed by atoms with Crippen LogP contribution >= 0.6 is 34.7 Å². The maximum atomic E-state index is 14.6. The molecule has 3 aromatic heterocycles. The molecule has 2 aliphatic rings. The third kappa shape index (κ3) is 6.28. The fraction of sp³-hybridized carbons (Fsp3) is 0.345. The number of amides is 1. The number of benzene rings is 1. The van der Waals surface area contributed by atoms with Crippen molar-refractivity contribution >= 4 is 57.3 Å². The lowest BCUT2D eigenvalue weighted by Crippen LogP contribution is -2.58. The van der Waals surface area contributed by atoms with Crippen LogP contribution in [0.1, 0.15) is 25.8 Å². The maximum Gasteiger partial charge on any atom is 0.417 e. The Morgan fingerprint density at radius 2 is 1.93 bits per heavy atom. The molecule has 0 radical (unpaired) electrons. The topological polar surface area (TPSA) is 104 Å². The molecular weight excluding hydrogens is 637 g/mol. The zero-order valence-electron chi connectivity index (χ0n) is 23.7. The summed E-state index contributed by atoms with van der Waals surface area (Å²) >= 11 is 8.58. The molecule has 2 unspecified atom stereocenters. The van der Waals surface area contributed by atoms with E-state index >= 15 is 0 Å². The molecule has 9 nitrogen and oxygen atoms in total. The molecule has 0 spiro atoms. The number of nitrogens with zero attached hydrogens (tertiary/aromatic N) is 5. The van der Waals surface area contributed by atoms with Gasteiger partial charge in [-0.15, -0.1) is 23.1 Å². The molecule has 1 saturated heterocycles. The molecule has 2 aliphatic heterocycles. The second kappa shape index (κ2) is 12.8. The molecule has 1 aromatic carbocycles. The summed E-state index contributed by atoms with van der Waals surface area (Å²) in [5.74, 6) is 0.566. The van der Waals surface area contributed by atoms with Gasteiger partial charge in [0.25, 0.3) is 0 Å². The van der Waals surface area contributed by atoms with Gasteiger partial charge in [0.1, 0.15) is 5.82 Å². The van der Waals surface area contributed by atoms with Gasteiger partial charge < -0.3 is 14.8 Å². The smallest absolute Gasteiger partial charge is 0.352 e. The monoisotopic (exact) mass is 664 g/mol. The zero-order chi connectivity index (χ0) is 31.8. The lowest BCUT2D eigenvalue weighted by atomic mass is 10.0. The molecule has 0 saturated carbocycles. The number of carbonyl (C=O) groups is 1. The van der Waals surface area contributed by atoms with Crippen LogP contribution in [0, 0.1) is 0 Å². The Labute approximate surface area is 263 Å². The van der Waals surface area contributed by atoms with E-state index in [9.17, 15) is 27.6 Å². The first-order valence-electron chi connectivity index (χ1n) is 13.7. The van der Waals surface area contributed by atoms with E-state index in [0.29, 0.717) is 52.1 Å². The minimum atomic E-state index is -4.64. The summed E-state index contributed by atoms with van der Waals surface area (Å²) < 4.78 is 45.2. The first-order chi connectivity index (χ1) is 20.9. The molecule has 1 amide bonds. The third-order valence-corrected chi connectivity index (χ3v) is 9.79. The average molecular weight is 665 g/mol. The van der Waals surface area contributed by atoms with Crippen LogP contribution in [0.2, 0.25) is 5.02 Å². The van der Waals surface area contributed by atoms with Crippen LogP contribution in [0.3, 0.4) is 0 Å². The minimum absolute atomic E-state index is 0.0530. The predicted molar refractivity (Wildman–Crippen MR) is 168 cm³/mol. The molecule has 0 bridgehead atoms. The van der Waals surface area contributed by atoms with Gasteiger partial charge in [0.15, 0.2) is 0 Å². The van der Waals surface area contributed by atoms with Gasteiger partial charge in [0.05, 0.1) is 16.1 Å². The van der Waals surface area contributed by atoms with Gasteiger partial charge in [0.2, 0.25) is 5.91 Å². The Hall–Kier alpha value is -3.62. The van der Waals surface area contributed by atoms with Crippen molar-refractivity contribution in [2.24, 2.45) is 0 Å². The summed E-state index contributed by atoms with van der Waals surface area (Å²) in [5.41, 5.74) is -1.06. The van der Waals surface area contributed by atoms with Crippen LogP contribution in [0.15, 0.2) is 63.1 Å². The molecule has 4 aromatic rings. The largest absolute Gasteiger partial charge is 0.417 e. The first-order valence-corrected chi connectivity index (χ1v) is 15.9. The number of thiophene rings is 1. The Bertz CT molecular complexity index is 1810. The lowest BCUT2D eigenvalue weighted by molar-refractivity contribution is -0.137. The van der Waals surface area contributed by atoms with Crippen LogP contribution in [-0.2, 0) is 17.5 Å². The van der Waals surface area contributed by atoms with Crippen molar-refractivity contribution in [2.75, 3.05) is 23.7 Å². The van der Waals surface area contributed by atoms with Crippen LogP contribution < -0.4 is 16.3 Å². The normalized spacial score (nSPS) is 18.4. The van der Waals surface area contributed by atoms with Crippen LogP contribution in [0.5, 0.6) is 0 Å². The predicted octanol–water partition coefficient (Wildman–Crippen LogP) is 5.67. The third-order valence-electron chi connectivity index (χ3n) is 7.32. The number of anilines is 1. The Morgan fingerprint density at radius 1 is 1.20 bits per heavy atom. The summed E-state index contributed by atoms with van der Waals surface area (Å²) in [5, 5.41) is 2.25. The van der Waals surface area contributed by atoms with E-state index in [0.717, 1.165) is 17.4 Å². The Kier molecular flexibility index (Phi) is 9.23.